The van der Waals surface area contributed by atoms with Crippen molar-refractivity contribution < 1.29 is 14.3 Å². The van der Waals surface area contributed by atoms with E-state index in [0.717, 1.165) is 18.8 Å². The molecule has 1 saturated heterocycles. The maximum atomic E-state index is 11.4. The fraction of sp³-hybridized carbons (Fsp3) is 0.909. The van der Waals surface area contributed by atoms with Crippen molar-refractivity contribution >= 4 is 11.9 Å². The second-order valence-corrected chi connectivity index (χ2v) is 7.87. The van der Waals surface area contributed by atoms with Gasteiger partial charge in [0, 0.05) is 0 Å². The molecule has 0 spiro atoms. The third-order valence-corrected chi connectivity index (χ3v) is 5.67. The summed E-state index contributed by atoms with van der Waals surface area (Å²) in [5.74, 6) is 0.121. The van der Waals surface area contributed by atoms with Crippen molar-refractivity contribution in [1.29, 1.82) is 0 Å². The highest BCUT2D eigenvalue weighted by Gasteiger charge is 2.32. The molecule has 2 atom stereocenters. The average Bonchev–Trinajstić information content (AvgIpc) is 2.92. The maximum absolute atomic E-state index is 11.4. The van der Waals surface area contributed by atoms with E-state index in [9.17, 15) is 9.59 Å². The molecule has 0 saturated carbocycles. The van der Waals surface area contributed by atoms with Gasteiger partial charge < -0.3 is 4.74 Å². The lowest BCUT2D eigenvalue weighted by molar-refractivity contribution is -0.153. The second-order valence-electron chi connectivity index (χ2n) is 7.87. The van der Waals surface area contributed by atoms with E-state index in [1.807, 2.05) is 0 Å². The highest BCUT2D eigenvalue weighted by Crippen LogP contribution is 2.24. The number of unbranched alkanes of at least 4 members (excludes halogenated alkanes) is 9. The Hall–Kier alpha value is -0.860. The van der Waals surface area contributed by atoms with Crippen LogP contribution >= 0.6 is 0 Å². The van der Waals surface area contributed by atoms with Gasteiger partial charge in [-0.2, -0.15) is 0 Å². The Kier molecular flexibility index (Phi) is 12.7. The number of hydrogen-bond acceptors (Lipinski definition) is 3. The number of cyclic esters (lactones) is 2. The molecule has 0 radical (unpaired) electrons. The molecular weight excluding hydrogens is 312 g/mol. The molecule has 1 fully saturated rings. The van der Waals surface area contributed by atoms with Gasteiger partial charge in [-0.25, -0.2) is 0 Å². The van der Waals surface area contributed by atoms with Crippen LogP contribution in [0.4, 0.5) is 0 Å². The fourth-order valence-corrected chi connectivity index (χ4v) is 3.86. The van der Waals surface area contributed by atoms with Gasteiger partial charge in [0.1, 0.15) is 0 Å². The number of carbonyl (C=O) groups is 2. The van der Waals surface area contributed by atoms with Crippen LogP contribution in [0.1, 0.15) is 117 Å². The van der Waals surface area contributed by atoms with E-state index in [4.69, 9.17) is 0 Å². The maximum Gasteiger partial charge on any atom is 0.317 e. The molecular formula is C22H40O3. The van der Waals surface area contributed by atoms with Crippen LogP contribution in [0.25, 0.3) is 0 Å². The summed E-state index contributed by atoms with van der Waals surface area (Å²) in [6, 6.07) is 0. The first-order chi connectivity index (χ1) is 12.2. The van der Waals surface area contributed by atoms with Crippen LogP contribution in [0.3, 0.4) is 0 Å². The van der Waals surface area contributed by atoms with E-state index in [1.54, 1.807) is 0 Å². The molecule has 0 aromatic rings. The SMILES string of the molecule is CCCCCCCCC(CC)CCCCCCCC1CC(=O)OC1=O. The highest BCUT2D eigenvalue weighted by atomic mass is 16.6. The van der Waals surface area contributed by atoms with E-state index in [0.29, 0.717) is 6.42 Å². The van der Waals surface area contributed by atoms with Gasteiger partial charge in [-0.15, -0.1) is 0 Å². The molecule has 2 unspecified atom stereocenters. The number of rotatable bonds is 16. The van der Waals surface area contributed by atoms with Gasteiger partial charge in [-0.05, 0) is 12.3 Å². The van der Waals surface area contributed by atoms with Gasteiger partial charge in [0.15, 0.2) is 0 Å². The third kappa shape index (κ3) is 10.7. The Balaban J connectivity index is 1.91. The molecule has 1 aliphatic rings. The Bertz CT molecular complexity index is 364. The fourth-order valence-electron chi connectivity index (χ4n) is 3.86. The molecule has 0 aromatic heterocycles. The first-order valence-corrected chi connectivity index (χ1v) is 10.9. The summed E-state index contributed by atoms with van der Waals surface area (Å²) in [7, 11) is 0. The molecule has 1 rings (SSSR count). The minimum absolute atomic E-state index is 0.158. The van der Waals surface area contributed by atoms with Crippen LogP contribution in [0.2, 0.25) is 0 Å². The average molecular weight is 353 g/mol. The van der Waals surface area contributed by atoms with Crippen molar-refractivity contribution in [3.05, 3.63) is 0 Å². The van der Waals surface area contributed by atoms with Gasteiger partial charge in [0.2, 0.25) is 0 Å². The number of hydrogen-bond donors (Lipinski definition) is 0. The largest absolute Gasteiger partial charge is 0.393 e. The molecule has 1 heterocycles. The lowest BCUT2D eigenvalue weighted by Crippen LogP contribution is -2.07. The molecule has 0 amide bonds. The lowest BCUT2D eigenvalue weighted by atomic mass is 9.92. The van der Waals surface area contributed by atoms with Crippen molar-refractivity contribution in [2.45, 2.75) is 117 Å². The van der Waals surface area contributed by atoms with Gasteiger partial charge >= 0.3 is 11.9 Å². The summed E-state index contributed by atoms with van der Waals surface area (Å²) in [6.07, 6.45) is 19.8. The van der Waals surface area contributed by atoms with Gasteiger partial charge in [-0.3, -0.25) is 9.59 Å². The number of esters is 2. The van der Waals surface area contributed by atoms with Gasteiger partial charge in [-0.1, -0.05) is 104 Å². The minimum atomic E-state index is -0.342. The van der Waals surface area contributed by atoms with Crippen molar-refractivity contribution in [3.8, 4) is 0 Å². The second kappa shape index (κ2) is 14.3. The normalized spacial score (nSPS) is 18.6. The highest BCUT2D eigenvalue weighted by molar-refractivity contribution is 5.94. The summed E-state index contributed by atoms with van der Waals surface area (Å²) in [4.78, 5) is 22.4. The Morgan fingerprint density at radius 1 is 0.840 bits per heavy atom. The van der Waals surface area contributed by atoms with Crippen LogP contribution in [0, 0.1) is 11.8 Å². The van der Waals surface area contributed by atoms with E-state index >= 15 is 0 Å². The van der Waals surface area contributed by atoms with Crippen LogP contribution in [-0.4, -0.2) is 11.9 Å². The Morgan fingerprint density at radius 2 is 1.40 bits per heavy atom. The lowest BCUT2D eigenvalue weighted by Gasteiger charge is -2.14. The Morgan fingerprint density at radius 3 is 1.92 bits per heavy atom. The molecule has 0 bridgehead atoms. The van der Waals surface area contributed by atoms with Crippen LogP contribution < -0.4 is 0 Å². The van der Waals surface area contributed by atoms with Gasteiger partial charge in [0.25, 0.3) is 0 Å². The van der Waals surface area contributed by atoms with E-state index in [1.165, 1.54) is 83.5 Å². The predicted octanol–water partition coefficient (Wildman–Crippen LogP) is 6.58. The predicted molar refractivity (Wildman–Crippen MR) is 103 cm³/mol. The molecule has 1 aliphatic heterocycles. The molecule has 0 aromatic carbocycles. The molecule has 3 heteroatoms. The summed E-state index contributed by atoms with van der Waals surface area (Å²) < 4.78 is 4.59. The molecule has 0 aliphatic carbocycles. The zero-order valence-corrected chi connectivity index (χ0v) is 16.7. The standard InChI is InChI=1S/C22H40O3/c1-3-5-6-7-9-12-15-19(4-2)16-13-10-8-11-14-17-20-18-21(23)25-22(20)24/h19-20H,3-18H2,1-2H3. The monoisotopic (exact) mass is 352 g/mol. The molecule has 146 valence electrons. The summed E-state index contributed by atoms with van der Waals surface area (Å²) in [5, 5.41) is 0. The molecule has 3 nitrogen and oxygen atoms in total. The number of ether oxygens (including phenoxy) is 1. The van der Waals surface area contributed by atoms with Crippen molar-refractivity contribution in [1.82, 2.24) is 0 Å². The van der Waals surface area contributed by atoms with Gasteiger partial charge in [0.05, 0.1) is 12.3 Å². The van der Waals surface area contributed by atoms with Crippen molar-refractivity contribution in [3.63, 3.8) is 0 Å². The van der Waals surface area contributed by atoms with E-state index in [2.05, 4.69) is 18.6 Å². The molecule has 25 heavy (non-hydrogen) atoms. The third-order valence-electron chi connectivity index (χ3n) is 5.67. The topological polar surface area (TPSA) is 43.4 Å². The molecule has 0 N–H and O–H groups in total. The summed E-state index contributed by atoms with van der Waals surface area (Å²) in [5.41, 5.74) is 0. The quantitative estimate of drug-likeness (QED) is 0.179. The van der Waals surface area contributed by atoms with Crippen LogP contribution in [0.5, 0.6) is 0 Å². The number of carbonyl (C=O) groups excluding carboxylic acids is 2. The van der Waals surface area contributed by atoms with Crippen molar-refractivity contribution in [2.24, 2.45) is 11.8 Å². The van der Waals surface area contributed by atoms with Crippen LogP contribution in [-0.2, 0) is 14.3 Å². The first-order valence-electron chi connectivity index (χ1n) is 10.9. The summed E-state index contributed by atoms with van der Waals surface area (Å²) >= 11 is 0. The van der Waals surface area contributed by atoms with E-state index < -0.39 is 0 Å². The first kappa shape index (κ1) is 22.2. The van der Waals surface area contributed by atoms with Crippen LogP contribution in [0.15, 0.2) is 0 Å². The smallest absolute Gasteiger partial charge is 0.317 e. The summed E-state index contributed by atoms with van der Waals surface area (Å²) in [6.45, 7) is 4.61. The Labute approximate surface area is 155 Å². The minimum Gasteiger partial charge on any atom is -0.393 e. The van der Waals surface area contributed by atoms with E-state index in [-0.39, 0.29) is 17.9 Å². The van der Waals surface area contributed by atoms with Crippen molar-refractivity contribution in [2.75, 3.05) is 0 Å². The zero-order chi connectivity index (χ0) is 18.3. The zero-order valence-electron chi connectivity index (χ0n) is 16.7.